The summed E-state index contributed by atoms with van der Waals surface area (Å²) in [6.07, 6.45) is 7.11. The average molecular weight is 298 g/mol. The molecule has 0 N–H and O–H groups in total. The second-order valence-corrected chi connectivity index (χ2v) is 6.60. The molecule has 1 aliphatic rings. The van der Waals surface area contributed by atoms with Crippen LogP contribution in [-0.2, 0) is 6.54 Å². The highest BCUT2D eigenvalue weighted by atomic mass is 32.1. The number of aromatic nitrogens is 3. The molecule has 4 rings (SSSR count). The Morgan fingerprint density at radius 2 is 2.38 bits per heavy atom. The smallest absolute Gasteiger partial charge is 0.123 e. The van der Waals surface area contributed by atoms with Crippen LogP contribution >= 0.6 is 11.3 Å². The maximum atomic E-state index is 4.81. The molecular weight excluding hydrogens is 280 g/mol. The van der Waals surface area contributed by atoms with E-state index in [2.05, 4.69) is 38.9 Å². The molecule has 5 heteroatoms. The van der Waals surface area contributed by atoms with Gasteiger partial charge in [-0.05, 0) is 31.5 Å². The Morgan fingerprint density at radius 3 is 3.24 bits per heavy atom. The summed E-state index contributed by atoms with van der Waals surface area (Å²) in [6.45, 7) is 5.32. The summed E-state index contributed by atoms with van der Waals surface area (Å²) in [4.78, 5) is 12.8. The van der Waals surface area contributed by atoms with E-state index in [0.29, 0.717) is 5.92 Å². The number of likely N-dealkylation sites (tertiary alicyclic amines) is 1. The third-order valence-electron chi connectivity index (χ3n) is 4.25. The van der Waals surface area contributed by atoms with E-state index < -0.39 is 0 Å². The SMILES string of the molecule is Cc1nc(C2CCN(Cc3cccnc3)C2)c2sccn12. The van der Waals surface area contributed by atoms with Gasteiger partial charge in [-0.3, -0.25) is 14.3 Å². The van der Waals surface area contributed by atoms with Crippen LogP contribution < -0.4 is 0 Å². The topological polar surface area (TPSA) is 33.4 Å². The lowest BCUT2D eigenvalue weighted by atomic mass is 10.1. The van der Waals surface area contributed by atoms with Crippen molar-refractivity contribution >= 4 is 16.2 Å². The third-order valence-corrected chi connectivity index (χ3v) is 5.13. The van der Waals surface area contributed by atoms with E-state index in [1.807, 2.05) is 18.5 Å². The van der Waals surface area contributed by atoms with E-state index >= 15 is 0 Å². The quantitative estimate of drug-likeness (QED) is 0.745. The molecule has 3 aromatic rings. The fourth-order valence-electron chi connectivity index (χ4n) is 3.21. The van der Waals surface area contributed by atoms with E-state index in [0.717, 1.165) is 25.5 Å². The Hall–Kier alpha value is -1.72. The molecule has 0 saturated carbocycles. The first kappa shape index (κ1) is 13.0. The van der Waals surface area contributed by atoms with E-state index in [1.54, 1.807) is 11.3 Å². The Bertz CT molecular complexity index is 746. The predicted molar refractivity (Wildman–Crippen MR) is 84.7 cm³/mol. The van der Waals surface area contributed by atoms with Gasteiger partial charge >= 0.3 is 0 Å². The summed E-state index contributed by atoms with van der Waals surface area (Å²) in [7, 11) is 0. The standard InChI is InChI=1S/C16H18N4S/c1-12-18-15(16-20(12)7-8-21-16)14-4-6-19(11-14)10-13-3-2-5-17-9-13/h2-3,5,7-9,14H,4,6,10-11H2,1H3. The summed E-state index contributed by atoms with van der Waals surface area (Å²) in [5, 5.41) is 2.15. The van der Waals surface area contributed by atoms with Crippen molar-refractivity contribution in [3.05, 3.63) is 53.2 Å². The Kier molecular flexibility index (Phi) is 3.24. The summed E-state index contributed by atoms with van der Waals surface area (Å²) in [5.41, 5.74) is 2.58. The van der Waals surface area contributed by atoms with Gasteiger partial charge in [-0.25, -0.2) is 4.98 Å². The molecule has 0 aliphatic carbocycles. The predicted octanol–water partition coefficient (Wildman–Crippen LogP) is 3.09. The van der Waals surface area contributed by atoms with Crippen molar-refractivity contribution in [2.75, 3.05) is 13.1 Å². The first-order valence-electron chi connectivity index (χ1n) is 7.34. The highest BCUT2D eigenvalue weighted by Crippen LogP contribution is 2.32. The zero-order chi connectivity index (χ0) is 14.2. The van der Waals surface area contributed by atoms with Crippen molar-refractivity contribution in [2.24, 2.45) is 0 Å². The Balaban J connectivity index is 1.52. The molecule has 108 valence electrons. The minimum Gasteiger partial charge on any atom is -0.298 e. The maximum Gasteiger partial charge on any atom is 0.123 e. The Labute approximate surface area is 128 Å². The van der Waals surface area contributed by atoms with Crippen molar-refractivity contribution in [3.8, 4) is 0 Å². The fourth-order valence-corrected chi connectivity index (χ4v) is 4.16. The van der Waals surface area contributed by atoms with Crippen LogP contribution in [-0.4, -0.2) is 32.4 Å². The number of pyridine rings is 1. The van der Waals surface area contributed by atoms with Gasteiger partial charge in [-0.2, -0.15) is 0 Å². The minimum atomic E-state index is 0.559. The molecule has 4 heterocycles. The number of thiazole rings is 1. The molecule has 1 saturated heterocycles. The van der Waals surface area contributed by atoms with Gasteiger partial charge in [0.15, 0.2) is 0 Å². The molecule has 3 aromatic heterocycles. The lowest BCUT2D eigenvalue weighted by Crippen LogP contribution is -2.19. The van der Waals surface area contributed by atoms with E-state index in [1.165, 1.54) is 22.5 Å². The van der Waals surface area contributed by atoms with Gasteiger partial charge in [0.25, 0.3) is 0 Å². The van der Waals surface area contributed by atoms with Gasteiger partial charge in [0.05, 0.1) is 5.69 Å². The van der Waals surface area contributed by atoms with Crippen molar-refractivity contribution < 1.29 is 0 Å². The van der Waals surface area contributed by atoms with Gasteiger partial charge in [0.1, 0.15) is 10.7 Å². The molecule has 0 amide bonds. The number of hydrogen-bond donors (Lipinski definition) is 0. The van der Waals surface area contributed by atoms with Crippen LogP contribution in [0.4, 0.5) is 0 Å². The molecule has 0 aromatic carbocycles. The summed E-state index contributed by atoms with van der Waals surface area (Å²) >= 11 is 1.80. The van der Waals surface area contributed by atoms with Crippen molar-refractivity contribution in [3.63, 3.8) is 0 Å². The molecule has 21 heavy (non-hydrogen) atoms. The van der Waals surface area contributed by atoms with Crippen molar-refractivity contribution in [2.45, 2.75) is 25.8 Å². The third kappa shape index (κ3) is 2.36. The normalized spacial score (nSPS) is 19.6. The number of imidazole rings is 1. The first-order chi connectivity index (χ1) is 10.3. The average Bonchev–Trinajstić information content (AvgIpc) is 3.19. The second-order valence-electron chi connectivity index (χ2n) is 5.70. The summed E-state index contributed by atoms with van der Waals surface area (Å²) in [6, 6.07) is 4.16. The number of rotatable bonds is 3. The van der Waals surface area contributed by atoms with Crippen molar-refractivity contribution in [1.29, 1.82) is 0 Å². The molecule has 1 unspecified atom stereocenters. The van der Waals surface area contributed by atoms with Crippen molar-refractivity contribution in [1.82, 2.24) is 19.3 Å². The molecule has 1 fully saturated rings. The van der Waals surface area contributed by atoms with Gasteiger partial charge in [-0.1, -0.05) is 6.07 Å². The maximum absolute atomic E-state index is 4.81. The van der Waals surface area contributed by atoms with Crippen LogP contribution in [0.3, 0.4) is 0 Å². The molecule has 4 nitrogen and oxygen atoms in total. The lowest BCUT2D eigenvalue weighted by molar-refractivity contribution is 0.326. The molecule has 0 radical (unpaired) electrons. The molecule has 1 aliphatic heterocycles. The van der Waals surface area contributed by atoms with Crippen LogP contribution in [0.25, 0.3) is 4.83 Å². The highest BCUT2D eigenvalue weighted by molar-refractivity contribution is 7.15. The highest BCUT2D eigenvalue weighted by Gasteiger charge is 2.28. The van der Waals surface area contributed by atoms with Crippen LogP contribution in [0.5, 0.6) is 0 Å². The Morgan fingerprint density at radius 1 is 1.43 bits per heavy atom. The second kappa shape index (κ2) is 5.24. The zero-order valence-corrected chi connectivity index (χ0v) is 12.9. The van der Waals surface area contributed by atoms with Gasteiger partial charge < -0.3 is 0 Å². The summed E-state index contributed by atoms with van der Waals surface area (Å²) < 4.78 is 2.21. The number of hydrogen-bond acceptors (Lipinski definition) is 4. The molecule has 0 spiro atoms. The van der Waals surface area contributed by atoms with E-state index in [9.17, 15) is 0 Å². The van der Waals surface area contributed by atoms with Gasteiger partial charge in [0.2, 0.25) is 0 Å². The van der Waals surface area contributed by atoms with Crippen LogP contribution in [0.1, 0.15) is 29.4 Å². The fraction of sp³-hybridized carbons (Fsp3) is 0.375. The largest absolute Gasteiger partial charge is 0.298 e. The first-order valence-corrected chi connectivity index (χ1v) is 8.22. The molecule has 0 bridgehead atoms. The van der Waals surface area contributed by atoms with Crippen LogP contribution in [0.2, 0.25) is 0 Å². The minimum absolute atomic E-state index is 0.559. The zero-order valence-electron chi connectivity index (χ0n) is 12.1. The van der Waals surface area contributed by atoms with Gasteiger partial charge in [0, 0.05) is 43.0 Å². The number of nitrogens with zero attached hydrogens (tertiary/aromatic N) is 4. The monoisotopic (exact) mass is 298 g/mol. The van der Waals surface area contributed by atoms with Crippen LogP contribution in [0.15, 0.2) is 36.1 Å². The van der Waals surface area contributed by atoms with Gasteiger partial charge in [-0.15, -0.1) is 11.3 Å². The van der Waals surface area contributed by atoms with Crippen LogP contribution in [0, 0.1) is 6.92 Å². The summed E-state index contributed by atoms with van der Waals surface area (Å²) in [5.74, 6) is 1.66. The lowest BCUT2D eigenvalue weighted by Gasteiger charge is -2.15. The van der Waals surface area contributed by atoms with E-state index in [-0.39, 0.29) is 0 Å². The molecular formula is C16H18N4S. The molecule has 1 atom stereocenters. The van der Waals surface area contributed by atoms with E-state index in [4.69, 9.17) is 4.98 Å². The number of aryl methyl sites for hydroxylation is 1. The number of fused-ring (bicyclic) bond motifs is 1.